The van der Waals surface area contributed by atoms with Gasteiger partial charge in [0.1, 0.15) is 0 Å². The van der Waals surface area contributed by atoms with E-state index in [9.17, 15) is 0 Å². The van der Waals surface area contributed by atoms with Gasteiger partial charge >= 0.3 is 0 Å². The minimum atomic E-state index is 0.644. The summed E-state index contributed by atoms with van der Waals surface area (Å²) in [6, 6.07) is 10.3. The van der Waals surface area contributed by atoms with Crippen LogP contribution < -0.4 is 0 Å². The summed E-state index contributed by atoms with van der Waals surface area (Å²) < 4.78 is 0. The zero-order valence-electron chi connectivity index (χ0n) is 8.70. The molecule has 1 nitrogen and oxygen atoms in total. The standard InChI is InChI=1S/C13H15N/c1-9(2)12-7-13(12)11-6-4-3-5-10(11)8-14/h3-6,9,12-13H,7H2,1-2H3/t12-,13-/m1/s1. The van der Waals surface area contributed by atoms with Gasteiger partial charge in [-0.25, -0.2) is 0 Å². The predicted molar refractivity (Wildman–Crippen MR) is 56.8 cm³/mol. The van der Waals surface area contributed by atoms with Crippen molar-refractivity contribution in [1.82, 2.24) is 0 Å². The van der Waals surface area contributed by atoms with Crippen molar-refractivity contribution in [3.05, 3.63) is 35.4 Å². The number of benzene rings is 1. The third-order valence-corrected chi connectivity index (χ3v) is 3.18. The molecular weight excluding hydrogens is 170 g/mol. The van der Waals surface area contributed by atoms with E-state index in [-0.39, 0.29) is 0 Å². The highest BCUT2D eigenvalue weighted by Gasteiger charge is 2.41. The summed E-state index contributed by atoms with van der Waals surface area (Å²) in [4.78, 5) is 0. The summed E-state index contributed by atoms with van der Waals surface area (Å²) in [7, 11) is 0. The molecule has 14 heavy (non-hydrogen) atoms. The average Bonchev–Trinajstić information content (AvgIpc) is 2.97. The topological polar surface area (TPSA) is 23.8 Å². The molecule has 0 N–H and O–H groups in total. The van der Waals surface area contributed by atoms with E-state index < -0.39 is 0 Å². The zero-order chi connectivity index (χ0) is 10.1. The molecule has 1 heteroatoms. The lowest BCUT2D eigenvalue weighted by Gasteiger charge is -2.04. The lowest BCUT2D eigenvalue weighted by Crippen LogP contribution is -1.94. The molecule has 0 aromatic heterocycles. The van der Waals surface area contributed by atoms with Gasteiger partial charge in [0.2, 0.25) is 0 Å². The molecule has 72 valence electrons. The first kappa shape index (κ1) is 9.27. The summed E-state index contributed by atoms with van der Waals surface area (Å²) in [5.74, 6) is 2.18. The smallest absolute Gasteiger partial charge is 0.0994 e. The van der Waals surface area contributed by atoms with Gasteiger partial charge in [-0.2, -0.15) is 5.26 Å². The second kappa shape index (κ2) is 3.46. The van der Waals surface area contributed by atoms with Crippen molar-refractivity contribution < 1.29 is 0 Å². The third-order valence-electron chi connectivity index (χ3n) is 3.18. The summed E-state index contributed by atoms with van der Waals surface area (Å²) in [5.41, 5.74) is 2.12. The molecule has 0 spiro atoms. The van der Waals surface area contributed by atoms with Crippen LogP contribution >= 0.6 is 0 Å². The van der Waals surface area contributed by atoms with Crippen molar-refractivity contribution in [3.63, 3.8) is 0 Å². The van der Waals surface area contributed by atoms with Gasteiger partial charge in [-0.1, -0.05) is 32.0 Å². The lowest BCUT2D eigenvalue weighted by molar-refractivity contribution is 0.548. The van der Waals surface area contributed by atoms with Crippen molar-refractivity contribution in [2.45, 2.75) is 26.2 Å². The number of rotatable bonds is 2. The Balaban J connectivity index is 2.23. The maximum atomic E-state index is 8.97. The molecule has 0 unspecified atom stereocenters. The van der Waals surface area contributed by atoms with Gasteiger partial charge in [0.05, 0.1) is 11.6 Å². The molecule has 2 rings (SSSR count). The van der Waals surface area contributed by atoms with Crippen LogP contribution in [0.15, 0.2) is 24.3 Å². The van der Waals surface area contributed by atoms with E-state index in [4.69, 9.17) is 5.26 Å². The van der Waals surface area contributed by atoms with E-state index in [1.807, 2.05) is 18.2 Å². The highest BCUT2D eigenvalue weighted by molar-refractivity contribution is 5.42. The summed E-state index contributed by atoms with van der Waals surface area (Å²) in [6.45, 7) is 4.53. The van der Waals surface area contributed by atoms with E-state index >= 15 is 0 Å². The average molecular weight is 185 g/mol. The van der Waals surface area contributed by atoms with Crippen molar-refractivity contribution in [1.29, 1.82) is 5.26 Å². The minimum absolute atomic E-state index is 0.644. The first-order valence-corrected chi connectivity index (χ1v) is 5.23. The zero-order valence-corrected chi connectivity index (χ0v) is 8.70. The molecule has 1 aromatic rings. The first-order chi connectivity index (χ1) is 6.74. The highest BCUT2D eigenvalue weighted by Crippen LogP contribution is 2.52. The summed E-state index contributed by atoms with van der Waals surface area (Å²) in [5, 5.41) is 8.97. The third kappa shape index (κ3) is 1.53. The molecule has 1 fully saturated rings. The fraction of sp³-hybridized carbons (Fsp3) is 0.462. The number of hydrogen-bond acceptors (Lipinski definition) is 1. The Morgan fingerprint density at radius 3 is 2.64 bits per heavy atom. The molecule has 0 radical (unpaired) electrons. The Hall–Kier alpha value is -1.29. The molecule has 0 saturated heterocycles. The van der Waals surface area contributed by atoms with Crippen LogP contribution in [-0.2, 0) is 0 Å². The Bertz CT molecular complexity index is 373. The molecule has 1 aromatic carbocycles. The molecule has 2 atom stereocenters. The molecule has 1 aliphatic carbocycles. The molecule has 0 amide bonds. The maximum Gasteiger partial charge on any atom is 0.0994 e. The van der Waals surface area contributed by atoms with Crippen molar-refractivity contribution in [2.24, 2.45) is 11.8 Å². The van der Waals surface area contributed by atoms with Gasteiger partial charge < -0.3 is 0 Å². The quantitative estimate of drug-likeness (QED) is 0.693. The highest BCUT2D eigenvalue weighted by atomic mass is 14.4. The van der Waals surface area contributed by atoms with E-state index in [1.54, 1.807) is 0 Å². The molecular formula is C13H15N. The van der Waals surface area contributed by atoms with E-state index in [2.05, 4.69) is 26.0 Å². The fourth-order valence-corrected chi connectivity index (χ4v) is 2.23. The minimum Gasteiger partial charge on any atom is -0.192 e. The molecule has 1 saturated carbocycles. The van der Waals surface area contributed by atoms with Crippen LogP contribution in [0.3, 0.4) is 0 Å². The Morgan fingerprint density at radius 1 is 1.36 bits per heavy atom. The van der Waals surface area contributed by atoms with Crippen LogP contribution in [0.25, 0.3) is 0 Å². The van der Waals surface area contributed by atoms with Gasteiger partial charge in [-0.3, -0.25) is 0 Å². The van der Waals surface area contributed by atoms with E-state index in [0.29, 0.717) is 5.92 Å². The molecule has 0 aliphatic heterocycles. The van der Waals surface area contributed by atoms with Crippen molar-refractivity contribution in [3.8, 4) is 6.07 Å². The van der Waals surface area contributed by atoms with Crippen LogP contribution in [-0.4, -0.2) is 0 Å². The fourth-order valence-electron chi connectivity index (χ4n) is 2.23. The normalized spacial score (nSPS) is 24.7. The monoisotopic (exact) mass is 185 g/mol. The first-order valence-electron chi connectivity index (χ1n) is 5.23. The summed E-state index contributed by atoms with van der Waals surface area (Å²) >= 11 is 0. The second-order valence-corrected chi connectivity index (χ2v) is 4.45. The second-order valence-electron chi connectivity index (χ2n) is 4.45. The van der Waals surface area contributed by atoms with Crippen LogP contribution in [0.1, 0.15) is 37.3 Å². The predicted octanol–water partition coefficient (Wildman–Crippen LogP) is 3.32. The molecule has 1 aliphatic rings. The van der Waals surface area contributed by atoms with Gasteiger partial charge in [-0.05, 0) is 35.8 Å². The van der Waals surface area contributed by atoms with Gasteiger partial charge in [0, 0.05) is 0 Å². The van der Waals surface area contributed by atoms with Crippen molar-refractivity contribution >= 4 is 0 Å². The lowest BCUT2D eigenvalue weighted by atomic mass is 9.99. The van der Waals surface area contributed by atoms with Crippen LogP contribution in [0.5, 0.6) is 0 Å². The molecule has 0 heterocycles. The largest absolute Gasteiger partial charge is 0.192 e. The number of nitriles is 1. The number of nitrogens with zero attached hydrogens (tertiary/aromatic N) is 1. The van der Waals surface area contributed by atoms with E-state index in [1.165, 1.54) is 12.0 Å². The van der Waals surface area contributed by atoms with Crippen LogP contribution in [0, 0.1) is 23.2 Å². The Morgan fingerprint density at radius 2 is 2.07 bits per heavy atom. The van der Waals surface area contributed by atoms with E-state index in [0.717, 1.165) is 17.4 Å². The van der Waals surface area contributed by atoms with Crippen LogP contribution in [0.2, 0.25) is 0 Å². The number of hydrogen-bond donors (Lipinski definition) is 0. The van der Waals surface area contributed by atoms with Gasteiger partial charge in [0.15, 0.2) is 0 Å². The summed E-state index contributed by atoms with van der Waals surface area (Å²) in [6.07, 6.45) is 1.26. The maximum absolute atomic E-state index is 8.97. The van der Waals surface area contributed by atoms with Crippen molar-refractivity contribution in [2.75, 3.05) is 0 Å². The van der Waals surface area contributed by atoms with Gasteiger partial charge in [0.25, 0.3) is 0 Å². The van der Waals surface area contributed by atoms with Gasteiger partial charge in [-0.15, -0.1) is 0 Å². The molecule has 0 bridgehead atoms. The SMILES string of the molecule is CC(C)[C@H]1C[C@@H]1c1ccccc1C#N. The Kier molecular flexibility index (Phi) is 2.29. The van der Waals surface area contributed by atoms with Crippen LogP contribution in [0.4, 0.5) is 0 Å². The Labute approximate surface area is 85.4 Å².